The lowest BCUT2D eigenvalue weighted by atomic mass is 10.2. The van der Waals surface area contributed by atoms with Gasteiger partial charge in [0.15, 0.2) is 11.5 Å². The van der Waals surface area contributed by atoms with Crippen molar-refractivity contribution < 1.29 is 23.4 Å². The van der Waals surface area contributed by atoms with E-state index in [0.717, 1.165) is 0 Å². The van der Waals surface area contributed by atoms with Crippen LogP contribution in [-0.4, -0.2) is 19.2 Å². The Bertz CT molecular complexity index is 717. The van der Waals surface area contributed by atoms with Gasteiger partial charge in [0.1, 0.15) is 25.6 Å². The monoisotopic (exact) mass is 322 g/mol. The maximum absolute atomic E-state index is 13.5. The summed E-state index contributed by atoms with van der Waals surface area (Å²) in [5, 5.41) is 0.383. The fourth-order valence-electron chi connectivity index (χ4n) is 2.10. The SMILES string of the molecule is O=C(OCc1cc(Cl)c2c(c1)OCCO2)c1ccccc1F. The highest BCUT2D eigenvalue weighted by Gasteiger charge is 2.18. The molecule has 0 fully saturated rings. The van der Waals surface area contributed by atoms with E-state index in [4.69, 9.17) is 25.8 Å². The van der Waals surface area contributed by atoms with Crippen LogP contribution in [0, 0.1) is 5.82 Å². The molecule has 0 saturated carbocycles. The number of fused-ring (bicyclic) bond motifs is 1. The minimum absolute atomic E-state index is 0.0382. The van der Waals surface area contributed by atoms with Crippen LogP contribution in [0.15, 0.2) is 36.4 Å². The van der Waals surface area contributed by atoms with Crippen LogP contribution in [0.1, 0.15) is 15.9 Å². The van der Waals surface area contributed by atoms with Crippen molar-refractivity contribution in [2.75, 3.05) is 13.2 Å². The van der Waals surface area contributed by atoms with Gasteiger partial charge in [-0.2, -0.15) is 0 Å². The molecule has 1 heterocycles. The molecule has 114 valence electrons. The van der Waals surface area contributed by atoms with Gasteiger partial charge in [0.25, 0.3) is 0 Å². The normalized spacial score (nSPS) is 12.8. The van der Waals surface area contributed by atoms with E-state index in [1.54, 1.807) is 18.2 Å². The Kier molecular flexibility index (Phi) is 4.15. The lowest BCUT2D eigenvalue weighted by Crippen LogP contribution is -2.16. The van der Waals surface area contributed by atoms with E-state index in [1.807, 2.05) is 0 Å². The molecule has 1 aliphatic rings. The number of hydrogen-bond donors (Lipinski definition) is 0. The fraction of sp³-hybridized carbons (Fsp3) is 0.188. The zero-order valence-electron chi connectivity index (χ0n) is 11.5. The van der Waals surface area contributed by atoms with Crippen molar-refractivity contribution in [1.82, 2.24) is 0 Å². The number of esters is 1. The summed E-state index contributed by atoms with van der Waals surface area (Å²) in [7, 11) is 0. The third-order valence-corrected chi connectivity index (χ3v) is 3.40. The van der Waals surface area contributed by atoms with Crippen molar-refractivity contribution in [2.45, 2.75) is 6.61 Å². The van der Waals surface area contributed by atoms with Crippen LogP contribution < -0.4 is 9.47 Å². The van der Waals surface area contributed by atoms with Crippen LogP contribution in [0.3, 0.4) is 0 Å². The van der Waals surface area contributed by atoms with Gasteiger partial charge in [-0.15, -0.1) is 0 Å². The molecule has 0 N–H and O–H groups in total. The molecule has 0 spiro atoms. The first-order valence-corrected chi connectivity index (χ1v) is 7.02. The minimum Gasteiger partial charge on any atom is -0.486 e. The summed E-state index contributed by atoms with van der Waals surface area (Å²) in [4.78, 5) is 11.9. The van der Waals surface area contributed by atoms with E-state index in [1.165, 1.54) is 18.2 Å². The van der Waals surface area contributed by atoms with Gasteiger partial charge in [-0.05, 0) is 29.8 Å². The zero-order chi connectivity index (χ0) is 15.5. The Labute approximate surface area is 131 Å². The van der Waals surface area contributed by atoms with E-state index in [2.05, 4.69) is 0 Å². The molecule has 0 unspecified atom stereocenters. The Morgan fingerprint density at radius 2 is 2.00 bits per heavy atom. The summed E-state index contributed by atoms with van der Waals surface area (Å²) in [5.74, 6) is -0.357. The van der Waals surface area contributed by atoms with Gasteiger partial charge in [-0.25, -0.2) is 9.18 Å². The lowest BCUT2D eigenvalue weighted by Gasteiger charge is -2.20. The number of carbonyl (C=O) groups is 1. The molecule has 3 rings (SSSR count). The number of rotatable bonds is 3. The van der Waals surface area contributed by atoms with Crippen molar-refractivity contribution in [1.29, 1.82) is 0 Å². The molecule has 4 nitrogen and oxygen atoms in total. The van der Waals surface area contributed by atoms with Gasteiger partial charge in [-0.3, -0.25) is 0 Å². The van der Waals surface area contributed by atoms with E-state index in [-0.39, 0.29) is 12.2 Å². The Morgan fingerprint density at radius 3 is 2.82 bits per heavy atom. The third-order valence-electron chi connectivity index (χ3n) is 3.12. The molecule has 22 heavy (non-hydrogen) atoms. The van der Waals surface area contributed by atoms with Crippen LogP contribution in [0.4, 0.5) is 4.39 Å². The van der Waals surface area contributed by atoms with Crippen molar-refractivity contribution in [3.63, 3.8) is 0 Å². The van der Waals surface area contributed by atoms with Gasteiger partial charge >= 0.3 is 5.97 Å². The second kappa shape index (κ2) is 6.23. The average molecular weight is 323 g/mol. The largest absolute Gasteiger partial charge is 0.486 e. The van der Waals surface area contributed by atoms with E-state index < -0.39 is 11.8 Å². The highest BCUT2D eigenvalue weighted by Crippen LogP contribution is 2.38. The maximum atomic E-state index is 13.5. The molecule has 2 aromatic rings. The molecule has 0 amide bonds. The number of hydrogen-bond acceptors (Lipinski definition) is 4. The topological polar surface area (TPSA) is 44.8 Å². The lowest BCUT2D eigenvalue weighted by molar-refractivity contribution is 0.0466. The Balaban J connectivity index is 1.73. The molecular weight excluding hydrogens is 311 g/mol. The first-order valence-electron chi connectivity index (χ1n) is 6.65. The summed E-state index contributed by atoms with van der Waals surface area (Å²) in [5.41, 5.74) is 0.532. The minimum atomic E-state index is -0.732. The average Bonchev–Trinajstić information content (AvgIpc) is 2.53. The molecule has 0 aromatic heterocycles. The third kappa shape index (κ3) is 2.99. The molecule has 0 atom stereocenters. The predicted molar refractivity (Wildman–Crippen MR) is 78.0 cm³/mol. The highest BCUT2D eigenvalue weighted by atomic mass is 35.5. The molecule has 0 bridgehead atoms. The quantitative estimate of drug-likeness (QED) is 0.810. The second-order valence-corrected chi connectivity index (χ2v) is 5.07. The number of halogens is 2. The van der Waals surface area contributed by atoms with E-state index in [0.29, 0.717) is 35.3 Å². The van der Waals surface area contributed by atoms with Gasteiger partial charge in [-0.1, -0.05) is 23.7 Å². The number of carbonyl (C=O) groups excluding carboxylic acids is 1. The van der Waals surface area contributed by atoms with Gasteiger partial charge in [0.05, 0.1) is 10.6 Å². The first-order chi connectivity index (χ1) is 10.6. The standard InChI is InChI=1S/C16H12ClFO4/c17-12-7-10(8-14-15(12)21-6-5-20-14)9-22-16(19)11-3-1-2-4-13(11)18/h1-4,7-8H,5-6,9H2. The molecule has 0 saturated heterocycles. The molecule has 0 aliphatic carbocycles. The molecule has 1 aliphatic heterocycles. The Hall–Kier alpha value is -2.27. The molecule has 6 heteroatoms. The second-order valence-electron chi connectivity index (χ2n) is 4.66. The summed E-state index contributed by atoms with van der Waals surface area (Å²) in [6, 6.07) is 8.97. The predicted octanol–water partition coefficient (Wildman–Crippen LogP) is 3.61. The summed E-state index contributed by atoms with van der Waals surface area (Å²) in [6.07, 6.45) is 0. The van der Waals surface area contributed by atoms with Crippen LogP contribution in [-0.2, 0) is 11.3 Å². The van der Waals surface area contributed by atoms with E-state index in [9.17, 15) is 9.18 Å². The van der Waals surface area contributed by atoms with Gasteiger partial charge < -0.3 is 14.2 Å². The molecule has 0 radical (unpaired) electrons. The Morgan fingerprint density at radius 1 is 1.23 bits per heavy atom. The van der Waals surface area contributed by atoms with Crippen molar-refractivity contribution >= 4 is 17.6 Å². The van der Waals surface area contributed by atoms with Crippen LogP contribution in [0.25, 0.3) is 0 Å². The van der Waals surface area contributed by atoms with Gasteiger partial charge in [0, 0.05) is 0 Å². The highest BCUT2D eigenvalue weighted by molar-refractivity contribution is 6.32. The number of ether oxygens (including phenoxy) is 3. The zero-order valence-corrected chi connectivity index (χ0v) is 12.2. The first kappa shape index (κ1) is 14.7. The van der Waals surface area contributed by atoms with Crippen LogP contribution in [0.5, 0.6) is 11.5 Å². The molecule has 2 aromatic carbocycles. The summed E-state index contributed by atoms with van der Waals surface area (Å²) in [6.45, 7) is 0.833. The maximum Gasteiger partial charge on any atom is 0.341 e. The van der Waals surface area contributed by atoms with E-state index >= 15 is 0 Å². The van der Waals surface area contributed by atoms with Crippen LogP contribution >= 0.6 is 11.6 Å². The smallest absolute Gasteiger partial charge is 0.341 e. The van der Waals surface area contributed by atoms with Crippen molar-refractivity contribution in [3.05, 3.63) is 58.4 Å². The van der Waals surface area contributed by atoms with Crippen LogP contribution in [0.2, 0.25) is 5.02 Å². The molecular formula is C16H12ClFO4. The summed E-state index contributed by atoms with van der Waals surface area (Å²) < 4.78 is 29.5. The summed E-state index contributed by atoms with van der Waals surface area (Å²) >= 11 is 6.10. The fourth-order valence-corrected chi connectivity index (χ4v) is 2.39. The van der Waals surface area contributed by atoms with Crippen molar-refractivity contribution in [3.8, 4) is 11.5 Å². The van der Waals surface area contributed by atoms with Gasteiger partial charge in [0.2, 0.25) is 0 Å². The van der Waals surface area contributed by atoms with Crippen molar-refractivity contribution in [2.24, 2.45) is 0 Å². The number of benzene rings is 2.